The van der Waals surface area contributed by atoms with Gasteiger partial charge in [0.15, 0.2) is 0 Å². The van der Waals surface area contributed by atoms with Crippen LogP contribution in [0.4, 0.5) is 11.4 Å². The molecule has 0 spiro atoms. The lowest BCUT2D eigenvalue weighted by molar-refractivity contribution is -0.384. The molecule has 0 saturated carbocycles. The first-order valence-corrected chi connectivity index (χ1v) is 6.74. The number of nitro groups is 1. The number of hydrogen-bond donors (Lipinski definition) is 2. The molecule has 6 nitrogen and oxygen atoms in total. The summed E-state index contributed by atoms with van der Waals surface area (Å²) < 4.78 is 0. The Morgan fingerprint density at radius 3 is 2.70 bits per heavy atom. The SMILES string of the molecule is CC(C)CCCCNC(=O)c1cc([N+](=O)[O-])ccc1N. The molecule has 3 N–H and O–H groups in total. The lowest BCUT2D eigenvalue weighted by Crippen LogP contribution is -2.25. The van der Waals surface area contributed by atoms with Gasteiger partial charge in [0, 0.05) is 24.4 Å². The number of non-ortho nitro benzene ring substituents is 1. The molecule has 1 rings (SSSR count). The molecule has 0 heterocycles. The van der Waals surface area contributed by atoms with Crippen LogP contribution in [0.5, 0.6) is 0 Å². The Labute approximate surface area is 118 Å². The van der Waals surface area contributed by atoms with E-state index in [1.54, 1.807) is 0 Å². The van der Waals surface area contributed by atoms with Gasteiger partial charge in [-0.15, -0.1) is 0 Å². The number of nitrogens with two attached hydrogens (primary N) is 1. The molecule has 1 aromatic carbocycles. The Balaban J connectivity index is 2.55. The third-order valence-corrected chi connectivity index (χ3v) is 2.99. The quantitative estimate of drug-likeness (QED) is 0.347. The summed E-state index contributed by atoms with van der Waals surface area (Å²) in [7, 11) is 0. The van der Waals surface area contributed by atoms with E-state index in [1.165, 1.54) is 18.2 Å². The maximum atomic E-state index is 11.9. The highest BCUT2D eigenvalue weighted by molar-refractivity contribution is 5.99. The molecule has 6 heteroatoms. The van der Waals surface area contributed by atoms with Gasteiger partial charge in [-0.2, -0.15) is 0 Å². The van der Waals surface area contributed by atoms with Crippen LogP contribution in [0.1, 0.15) is 43.5 Å². The molecule has 0 atom stereocenters. The second-order valence-electron chi connectivity index (χ2n) is 5.17. The van der Waals surface area contributed by atoms with Gasteiger partial charge in [0.1, 0.15) is 0 Å². The average Bonchev–Trinajstić information content (AvgIpc) is 2.37. The van der Waals surface area contributed by atoms with Crippen LogP contribution in [-0.4, -0.2) is 17.4 Å². The van der Waals surface area contributed by atoms with E-state index in [0.29, 0.717) is 12.5 Å². The van der Waals surface area contributed by atoms with Crippen LogP contribution >= 0.6 is 0 Å². The highest BCUT2D eigenvalue weighted by Crippen LogP contribution is 2.19. The number of nitro benzene ring substituents is 1. The van der Waals surface area contributed by atoms with Crippen molar-refractivity contribution in [1.29, 1.82) is 0 Å². The number of nitrogens with zero attached hydrogens (tertiary/aromatic N) is 1. The van der Waals surface area contributed by atoms with Gasteiger partial charge in [0.25, 0.3) is 11.6 Å². The molecular weight excluding hydrogens is 258 g/mol. The molecule has 0 aliphatic carbocycles. The maximum Gasteiger partial charge on any atom is 0.270 e. The van der Waals surface area contributed by atoms with Crippen LogP contribution in [0.2, 0.25) is 0 Å². The Morgan fingerprint density at radius 2 is 2.10 bits per heavy atom. The van der Waals surface area contributed by atoms with Crippen molar-refractivity contribution in [2.24, 2.45) is 5.92 Å². The monoisotopic (exact) mass is 279 g/mol. The number of nitrogen functional groups attached to an aromatic ring is 1. The number of rotatable bonds is 7. The smallest absolute Gasteiger partial charge is 0.270 e. The van der Waals surface area contributed by atoms with Crippen LogP contribution in [-0.2, 0) is 0 Å². The van der Waals surface area contributed by atoms with E-state index >= 15 is 0 Å². The first-order chi connectivity index (χ1) is 9.41. The number of carbonyl (C=O) groups is 1. The Hall–Kier alpha value is -2.11. The summed E-state index contributed by atoms with van der Waals surface area (Å²) in [4.78, 5) is 22.1. The predicted octanol–water partition coefficient (Wildman–Crippen LogP) is 2.73. The van der Waals surface area contributed by atoms with Gasteiger partial charge in [-0.05, 0) is 18.4 Å². The molecule has 0 aliphatic heterocycles. The van der Waals surface area contributed by atoms with Crippen LogP contribution in [0.15, 0.2) is 18.2 Å². The summed E-state index contributed by atoms with van der Waals surface area (Å²) in [5.74, 6) is 0.286. The Kier molecular flexibility index (Phi) is 5.96. The highest BCUT2D eigenvalue weighted by Gasteiger charge is 2.14. The number of benzene rings is 1. The van der Waals surface area contributed by atoms with Crippen LogP contribution in [0.25, 0.3) is 0 Å². The summed E-state index contributed by atoms with van der Waals surface area (Å²) in [6.45, 7) is 4.86. The first kappa shape index (κ1) is 15.9. The van der Waals surface area contributed by atoms with Crippen molar-refractivity contribution in [2.75, 3.05) is 12.3 Å². The summed E-state index contributed by atoms with van der Waals surface area (Å²) in [5, 5.41) is 13.4. The predicted molar refractivity (Wildman–Crippen MR) is 78.5 cm³/mol. The third kappa shape index (κ3) is 4.87. The summed E-state index contributed by atoms with van der Waals surface area (Å²) >= 11 is 0. The number of nitrogens with one attached hydrogen (secondary N) is 1. The summed E-state index contributed by atoms with van der Waals surface area (Å²) in [6.07, 6.45) is 3.05. The van der Waals surface area contributed by atoms with Crippen molar-refractivity contribution in [3.8, 4) is 0 Å². The Bertz CT molecular complexity index is 487. The van der Waals surface area contributed by atoms with Gasteiger partial charge < -0.3 is 11.1 Å². The second-order valence-corrected chi connectivity index (χ2v) is 5.17. The standard InChI is InChI=1S/C14H21N3O3/c1-10(2)5-3-4-8-16-14(18)12-9-11(17(19)20)6-7-13(12)15/h6-7,9-10H,3-5,8,15H2,1-2H3,(H,16,18). The molecular formula is C14H21N3O3. The Morgan fingerprint density at radius 1 is 1.40 bits per heavy atom. The fourth-order valence-corrected chi connectivity index (χ4v) is 1.83. The fraction of sp³-hybridized carbons (Fsp3) is 0.500. The lowest BCUT2D eigenvalue weighted by atomic mass is 10.1. The average molecular weight is 279 g/mol. The molecule has 0 aromatic heterocycles. The van der Waals surface area contributed by atoms with Gasteiger partial charge >= 0.3 is 0 Å². The normalized spacial score (nSPS) is 10.6. The molecule has 1 aromatic rings. The highest BCUT2D eigenvalue weighted by atomic mass is 16.6. The molecule has 0 saturated heterocycles. The van der Waals surface area contributed by atoms with Crippen molar-refractivity contribution in [1.82, 2.24) is 5.32 Å². The van der Waals surface area contributed by atoms with E-state index < -0.39 is 4.92 Å². The van der Waals surface area contributed by atoms with Gasteiger partial charge in [-0.25, -0.2) is 0 Å². The zero-order chi connectivity index (χ0) is 15.1. The molecule has 1 amide bonds. The van der Waals surface area contributed by atoms with E-state index in [2.05, 4.69) is 19.2 Å². The molecule has 0 fully saturated rings. The van der Waals surface area contributed by atoms with Crippen LogP contribution in [0.3, 0.4) is 0 Å². The van der Waals surface area contributed by atoms with Crippen molar-refractivity contribution in [3.05, 3.63) is 33.9 Å². The number of amides is 1. The number of hydrogen-bond acceptors (Lipinski definition) is 4. The van der Waals surface area contributed by atoms with Crippen molar-refractivity contribution >= 4 is 17.3 Å². The molecule has 20 heavy (non-hydrogen) atoms. The van der Waals surface area contributed by atoms with E-state index in [9.17, 15) is 14.9 Å². The van der Waals surface area contributed by atoms with Crippen molar-refractivity contribution in [2.45, 2.75) is 33.1 Å². The van der Waals surface area contributed by atoms with Crippen LogP contribution in [0, 0.1) is 16.0 Å². The molecule has 0 bridgehead atoms. The number of carbonyl (C=O) groups excluding carboxylic acids is 1. The molecule has 110 valence electrons. The number of unbranched alkanes of at least 4 members (excludes halogenated alkanes) is 1. The minimum atomic E-state index is -0.543. The van der Waals surface area contributed by atoms with E-state index in [4.69, 9.17) is 5.73 Å². The minimum absolute atomic E-state index is 0.135. The topological polar surface area (TPSA) is 98.3 Å². The lowest BCUT2D eigenvalue weighted by Gasteiger charge is -2.08. The van der Waals surface area contributed by atoms with Crippen LogP contribution < -0.4 is 11.1 Å². The minimum Gasteiger partial charge on any atom is -0.398 e. The van der Waals surface area contributed by atoms with E-state index in [1.807, 2.05) is 0 Å². The second kappa shape index (κ2) is 7.47. The molecule has 0 aliphatic rings. The van der Waals surface area contributed by atoms with Crippen molar-refractivity contribution < 1.29 is 9.72 Å². The zero-order valence-electron chi connectivity index (χ0n) is 11.9. The van der Waals surface area contributed by atoms with E-state index in [0.717, 1.165) is 19.3 Å². The van der Waals surface area contributed by atoms with Gasteiger partial charge in [-0.3, -0.25) is 14.9 Å². The fourth-order valence-electron chi connectivity index (χ4n) is 1.83. The van der Waals surface area contributed by atoms with Gasteiger partial charge in [-0.1, -0.05) is 26.7 Å². The van der Waals surface area contributed by atoms with Gasteiger partial charge in [0.05, 0.1) is 10.5 Å². The molecule has 0 unspecified atom stereocenters. The zero-order valence-corrected chi connectivity index (χ0v) is 11.9. The molecule has 0 radical (unpaired) electrons. The van der Waals surface area contributed by atoms with E-state index in [-0.39, 0.29) is 22.8 Å². The number of anilines is 1. The third-order valence-electron chi connectivity index (χ3n) is 2.99. The van der Waals surface area contributed by atoms with Gasteiger partial charge in [0.2, 0.25) is 0 Å². The largest absolute Gasteiger partial charge is 0.398 e. The first-order valence-electron chi connectivity index (χ1n) is 6.74. The van der Waals surface area contributed by atoms with Crippen molar-refractivity contribution in [3.63, 3.8) is 0 Å². The summed E-state index contributed by atoms with van der Waals surface area (Å²) in [5.41, 5.74) is 5.94. The summed E-state index contributed by atoms with van der Waals surface area (Å²) in [6, 6.07) is 3.87. The maximum absolute atomic E-state index is 11.9.